The number of hydrogen-bond acceptors (Lipinski definition) is 6. The van der Waals surface area contributed by atoms with E-state index in [1.165, 1.54) is 6.33 Å². The quantitative estimate of drug-likeness (QED) is 0.567. The standard InChI is InChI=1S/C16H11Cl2N7/c17-10-2-1-3-11(18)15(10)25-7-9-12(24-25)4-5-20-16(9)23-14-6-13(19)21-8-22-14/h1-8H,(H3,19,20,21,22,23). The molecule has 0 amide bonds. The third-order valence-corrected chi connectivity index (χ3v) is 4.15. The highest BCUT2D eigenvalue weighted by atomic mass is 35.5. The minimum atomic E-state index is 0.364. The van der Waals surface area contributed by atoms with Crippen molar-refractivity contribution in [3.8, 4) is 5.69 Å². The SMILES string of the molecule is Nc1cc(Nc2nccc3nn(-c4c(Cl)cccc4Cl)cc23)ncn1. The van der Waals surface area contributed by atoms with E-state index in [1.807, 2.05) is 6.20 Å². The molecule has 0 radical (unpaired) electrons. The Bertz CT molecular complexity index is 1060. The topological polar surface area (TPSA) is 94.5 Å². The van der Waals surface area contributed by atoms with Crippen LogP contribution in [0.2, 0.25) is 10.0 Å². The molecule has 0 saturated carbocycles. The fourth-order valence-corrected chi connectivity index (χ4v) is 3.00. The number of fused-ring (bicyclic) bond motifs is 1. The summed E-state index contributed by atoms with van der Waals surface area (Å²) in [6.07, 6.45) is 4.84. The number of halogens is 2. The molecule has 3 heterocycles. The van der Waals surface area contributed by atoms with E-state index in [0.717, 1.165) is 10.9 Å². The number of rotatable bonds is 3. The number of aromatic nitrogens is 5. The monoisotopic (exact) mass is 371 g/mol. The second kappa shape index (κ2) is 6.19. The van der Waals surface area contributed by atoms with Gasteiger partial charge in [-0.2, -0.15) is 5.10 Å². The Morgan fingerprint density at radius 3 is 2.60 bits per heavy atom. The number of nitrogens with one attached hydrogen (secondary N) is 1. The Hall–Kier alpha value is -2.90. The van der Waals surface area contributed by atoms with Crippen LogP contribution in [0, 0.1) is 0 Å². The van der Waals surface area contributed by atoms with Gasteiger partial charge in [0.2, 0.25) is 0 Å². The zero-order chi connectivity index (χ0) is 17.4. The molecular weight excluding hydrogens is 361 g/mol. The Morgan fingerprint density at radius 1 is 1.04 bits per heavy atom. The van der Waals surface area contributed by atoms with Gasteiger partial charge in [-0.1, -0.05) is 29.3 Å². The van der Waals surface area contributed by atoms with Crippen molar-refractivity contribution >= 4 is 51.6 Å². The van der Waals surface area contributed by atoms with Gasteiger partial charge in [0.15, 0.2) is 0 Å². The number of benzene rings is 1. The molecular formula is C16H11Cl2N7. The van der Waals surface area contributed by atoms with E-state index in [4.69, 9.17) is 28.9 Å². The molecule has 0 unspecified atom stereocenters. The maximum atomic E-state index is 6.27. The lowest BCUT2D eigenvalue weighted by molar-refractivity contribution is 0.897. The van der Waals surface area contributed by atoms with Crippen molar-refractivity contribution in [3.63, 3.8) is 0 Å². The van der Waals surface area contributed by atoms with Crippen molar-refractivity contribution in [1.82, 2.24) is 24.7 Å². The Balaban J connectivity index is 1.82. The first-order valence-electron chi connectivity index (χ1n) is 7.25. The van der Waals surface area contributed by atoms with Crippen LogP contribution in [0.3, 0.4) is 0 Å². The zero-order valence-electron chi connectivity index (χ0n) is 12.7. The molecule has 3 aromatic heterocycles. The largest absolute Gasteiger partial charge is 0.384 e. The molecule has 1 aromatic carbocycles. The van der Waals surface area contributed by atoms with E-state index in [-0.39, 0.29) is 0 Å². The lowest BCUT2D eigenvalue weighted by atomic mass is 10.3. The van der Waals surface area contributed by atoms with Crippen LogP contribution in [0.25, 0.3) is 16.6 Å². The van der Waals surface area contributed by atoms with Crippen LogP contribution in [0.1, 0.15) is 0 Å². The van der Waals surface area contributed by atoms with E-state index in [1.54, 1.807) is 41.2 Å². The molecule has 7 nitrogen and oxygen atoms in total. The number of nitrogens with zero attached hydrogens (tertiary/aromatic N) is 5. The number of pyridine rings is 1. The Labute approximate surface area is 152 Å². The van der Waals surface area contributed by atoms with Crippen molar-refractivity contribution < 1.29 is 0 Å². The molecule has 9 heteroatoms. The summed E-state index contributed by atoms with van der Waals surface area (Å²) in [6, 6.07) is 8.73. The van der Waals surface area contributed by atoms with E-state index in [2.05, 4.69) is 25.4 Å². The molecule has 0 aliphatic heterocycles. The van der Waals surface area contributed by atoms with Crippen LogP contribution in [0.4, 0.5) is 17.5 Å². The van der Waals surface area contributed by atoms with Crippen molar-refractivity contribution in [2.75, 3.05) is 11.1 Å². The minimum absolute atomic E-state index is 0.364. The van der Waals surface area contributed by atoms with Crippen LogP contribution >= 0.6 is 23.2 Å². The third kappa shape index (κ3) is 2.95. The summed E-state index contributed by atoms with van der Waals surface area (Å²) in [4.78, 5) is 12.3. The predicted molar refractivity (Wildman–Crippen MR) is 98.6 cm³/mol. The van der Waals surface area contributed by atoms with E-state index in [0.29, 0.717) is 33.2 Å². The van der Waals surface area contributed by atoms with Crippen molar-refractivity contribution in [2.45, 2.75) is 0 Å². The molecule has 124 valence electrons. The third-order valence-electron chi connectivity index (χ3n) is 3.54. The van der Waals surface area contributed by atoms with E-state index < -0.39 is 0 Å². The first kappa shape index (κ1) is 15.6. The van der Waals surface area contributed by atoms with Crippen molar-refractivity contribution in [3.05, 3.63) is 59.1 Å². The molecule has 3 N–H and O–H groups in total. The van der Waals surface area contributed by atoms with Crippen molar-refractivity contribution in [2.24, 2.45) is 0 Å². The minimum Gasteiger partial charge on any atom is -0.384 e. The molecule has 0 atom stereocenters. The second-order valence-electron chi connectivity index (χ2n) is 5.19. The van der Waals surface area contributed by atoms with Crippen LogP contribution in [-0.2, 0) is 0 Å². The normalized spacial score (nSPS) is 11.0. The van der Waals surface area contributed by atoms with Gasteiger partial charge in [0.25, 0.3) is 0 Å². The van der Waals surface area contributed by atoms with E-state index in [9.17, 15) is 0 Å². The van der Waals surface area contributed by atoms with Gasteiger partial charge in [0.1, 0.15) is 29.5 Å². The lowest BCUT2D eigenvalue weighted by Crippen LogP contribution is -1.99. The number of nitrogen functional groups attached to an aromatic ring is 1. The highest BCUT2D eigenvalue weighted by molar-refractivity contribution is 6.37. The van der Waals surface area contributed by atoms with Crippen LogP contribution in [0.5, 0.6) is 0 Å². The first-order chi connectivity index (χ1) is 12.1. The summed E-state index contributed by atoms with van der Waals surface area (Å²) in [6.45, 7) is 0. The van der Waals surface area contributed by atoms with Gasteiger partial charge in [-0.25, -0.2) is 19.6 Å². The van der Waals surface area contributed by atoms with E-state index >= 15 is 0 Å². The number of nitrogens with two attached hydrogens (primary N) is 1. The highest BCUT2D eigenvalue weighted by Gasteiger charge is 2.13. The maximum Gasteiger partial charge on any atom is 0.142 e. The molecule has 4 aromatic rings. The zero-order valence-corrected chi connectivity index (χ0v) is 14.2. The average molecular weight is 372 g/mol. The van der Waals surface area contributed by atoms with Gasteiger partial charge in [0.05, 0.1) is 20.9 Å². The number of anilines is 3. The smallest absolute Gasteiger partial charge is 0.142 e. The predicted octanol–water partition coefficient (Wildman–Crippen LogP) is 3.84. The van der Waals surface area contributed by atoms with Gasteiger partial charge in [0, 0.05) is 18.5 Å². The first-order valence-corrected chi connectivity index (χ1v) is 8.01. The summed E-state index contributed by atoms with van der Waals surface area (Å²) in [5.41, 5.74) is 7.02. The molecule has 0 fully saturated rings. The van der Waals surface area contributed by atoms with Crippen LogP contribution < -0.4 is 11.1 Å². The van der Waals surface area contributed by atoms with Crippen LogP contribution in [-0.4, -0.2) is 24.7 Å². The Morgan fingerprint density at radius 2 is 1.84 bits per heavy atom. The summed E-state index contributed by atoms with van der Waals surface area (Å²) >= 11 is 12.5. The molecule has 0 aliphatic rings. The highest BCUT2D eigenvalue weighted by Crippen LogP contribution is 2.30. The summed E-state index contributed by atoms with van der Waals surface area (Å²) in [5.74, 6) is 1.49. The summed E-state index contributed by atoms with van der Waals surface area (Å²) in [5, 5.41) is 9.45. The maximum absolute atomic E-state index is 6.27. The van der Waals surface area contributed by atoms with Gasteiger partial charge in [-0.15, -0.1) is 0 Å². The number of hydrogen-bond donors (Lipinski definition) is 2. The fraction of sp³-hybridized carbons (Fsp3) is 0. The van der Waals surface area contributed by atoms with Crippen molar-refractivity contribution in [1.29, 1.82) is 0 Å². The van der Waals surface area contributed by atoms with Gasteiger partial charge in [-0.05, 0) is 18.2 Å². The summed E-state index contributed by atoms with van der Waals surface area (Å²) < 4.78 is 1.64. The molecule has 0 saturated heterocycles. The molecule has 25 heavy (non-hydrogen) atoms. The molecule has 0 aliphatic carbocycles. The van der Waals surface area contributed by atoms with Gasteiger partial charge in [-0.3, -0.25) is 0 Å². The lowest BCUT2D eigenvalue weighted by Gasteiger charge is -2.06. The Kier molecular flexibility index (Phi) is 3.87. The molecule has 0 bridgehead atoms. The summed E-state index contributed by atoms with van der Waals surface area (Å²) in [7, 11) is 0. The fourth-order valence-electron chi connectivity index (χ4n) is 2.43. The molecule has 0 spiro atoms. The average Bonchev–Trinajstić information content (AvgIpc) is 2.99. The molecule has 4 rings (SSSR count). The van der Waals surface area contributed by atoms with Gasteiger partial charge >= 0.3 is 0 Å². The van der Waals surface area contributed by atoms with Crippen LogP contribution in [0.15, 0.2) is 49.1 Å². The van der Waals surface area contributed by atoms with Gasteiger partial charge < -0.3 is 11.1 Å². The number of para-hydroxylation sites is 1. The second-order valence-corrected chi connectivity index (χ2v) is 6.00.